The van der Waals surface area contributed by atoms with Gasteiger partial charge in [0.2, 0.25) is 5.89 Å². The van der Waals surface area contributed by atoms with Crippen LogP contribution in [0.4, 0.5) is 0 Å². The van der Waals surface area contributed by atoms with Crippen molar-refractivity contribution in [2.75, 3.05) is 13.1 Å². The van der Waals surface area contributed by atoms with Crippen molar-refractivity contribution in [1.29, 1.82) is 0 Å². The van der Waals surface area contributed by atoms with Crippen LogP contribution in [0.2, 0.25) is 0 Å². The van der Waals surface area contributed by atoms with E-state index >= 15 is 0 Å². The monoisotopic (exact) mass is 242 g/mol. The predicted octanol–water partition coefficient (Wildman–Crippen LogP) is 3.12. The molecule has 1 saturated heterocycles. The van der Waals surface area contributed by atoms with Gasteiger partial charge in [-0.05, 0) is 45.0 Å². The number of hydrogen-bond acceptors (Lipinski definition) is 3. The zero-order chi connectivity index (χ0) is 12.4. The molecule has 1 aromatic carbocycles. The minimum atomic E-state index is 0.526. The third kappa shape index (κ3) is 2.31. The molecule has 0 spiro atoms. The topological polar surface area (TPSA) is 38.1 Å². The van der Waals surface area contributed by atoms with E-state index in [0.717, 1.165) is 43.1 Å². The Kier molecular flexibility index (Phi) is 3.15. The molecule has 3 nitrogen and oxygen atoms in total. The Morgan fingerprint density at radius 1 is 1.17 bits per heavy atom. The molecule has 2 heterocycles. The van der Waals surface area contributed by atoms with Crippen LogP contribution in [-0.2, 0) is 0 Å². The third-order valence-electron chi connectivity index (χ3n) is 3.56. The van der Waals surface area contributed by atoms with E-state index in [-0.39, 0.29) is 0 Å². The molecular formula is C15H18N2O. The van der Waals surface area contributed by atoms with E-state index in [9.17, 15) is 0 Å². The second-order valence-electron chi connectivity index (χ2n) is 4.96. The van der Waals surface area contributed by atoms with Gasteiger partial charge in [0, 0.05) is 11.5 Å². The number of rotatable bonds is 2. The zero-order valence-electron chi connectivity index (χ0n) is 10.6. The largest absolute Gasteiger partial charge is 0.441 e. The van der Waals surface area contributed by atoms with Gasteiger partial charge in [-0.1, -0.05) is 17.7 Å². The summed E-state index contributed by atoms with van der Waals surface area (Å²) in [6.45, 7) is 4.23. The molecule has 2 aromatic rings. The Hall–Kier alpha value is -1.61. The maximum atomic E-state index is 5.91. The molecule has 1 aliphatic heterocycles. The molecule has 0 radical (unpaired) electrons. The number of oxazole rings is 1. The second-order valence-corrected chi connectivity index (χ2v) is 4.96. The van der Waals surface area contributed by atoms with Crippen LogP contribution in [0.3, 0.4) is 0 Å². The van der Waals surface area contributed by atoms with E-state index in [1.54, 1.807) is 0 Å². The molecule has 0 bridgehead atoms. The summed E-state index contributed by atoms with van der Waals surface area (Å²) in [5.74, 6) is 2.30. The van der Waals surface area contributed by atoms with E-state index in [1.807, 2.05) is 6.20 Å². The lowest BCUT2D eigenvalue weighted by Crippen LogP contribution is -2.26. The van der Waals surface area contributed by atoms with Crippen LogP contribution in [0.25, 0.3) is 11.5 Å². The number of aryl methyl sites for hydroxylation is 1. The number of nitrogens with zero attached hydrogens (tertiary/aromatic N) is 1. The zero-order valence-corrected chi connectivity index (χ0v) is 10.6. The Morgan fingerprint density at radius 3 is 2.61 bits per heavy atom. The smallest absolute Gasteiger partial charge is 0.226 e. The first-order valence-corrected chi connectivity index (χ1v) is 6.56. The minimum absolute atomic E-state index is 0.526. The third-order valence-corrected chi connectivity index (χ3v) is 3.56. The van der Waals surface area contributed by atoms with Gasteiger partial charge in [-0.2, -0.15) is 0 Å². The van der Waals surface area contributed by atoms with Crippen LogP contribution in [0, 0.1) is 6.92 Å². The molecule has 1 aromatic heterocycles. The molecule has 3 heteroatoms. The Balaban J connectivity index is 1.82. The van der Waals surface area contributed by atoms with Gasteiger partial charge in [0.1, 0.15) is 5.76 Å². The van der Waals surface area contributed by atoms with Gasteiger partial charge < -0.3 is 9.73 Å². The first-order chi connectivity index (χ1) is 8.83. The van der Waals surface area contributed by atoms with Crippen molar-refractivity contribution in [3.8, 4) is 11.5 Å². The molecule has 0 atom stereocenters. The molecule has 0 amide bonds. The lowest BCUT2D eigenvalue weighted by molar-refractivity contribution is 0.390. The first-order valence-electron chi connectivity index (χ1n) is 6.56. The summed E-state index contributed by atoms with van der Waals surface area (Å²) < 4.78 is 5.91. The van der Waals surface area contributed by atoms with Crippen molar-refractivity contribution >= 4 is 0 Å². The number of hydrogen-bond donors (Lipinski definition) is 1. The van der Waals surface area contributed by atoms with Gasteiger partial charge in [0.25, 0.3) is 0 Å². The Morgan fingerprint density at radius 2 is 1.89 bits per heavy atom. The van der Waals surface area contributed by atoms with Crippen molar-refractivity contribution in [3.63, 3.8) is 0 Å². The molecular weight excluding hydrogens is 224 g/mol. The highest BCUT2D eigenvalue weighted by molar-refractivity contribution is 5.53. The summed E-state index contributed by atoms with van der Waals surface area (Å²) in [5.41, 5.74) is 2.31. The summed E-state index contributed by atoms with van der Waals surface area (Å²) in [4.78, 5) is 4.40. The second kappa shape index (κ2) is 4.94. The molecule has 0 aliphatic carbocycles. The van der Waals surface area contributed by atoms with Crippen LogP contribution in [0.15, 0.2) is 34.9 Å². The quantitative estimate of drug-likeness (QED) is 0.879. The highest BCUT2D eigenvalue weighted by Crippen LogP contribution is 2.28. The number of nitrogens with one attached hydrogen (secondary N) is 1. The fraction of sp³-hybridized carbons (Fsp3) is 0.400. The molecule has 94 valence electrons. The Bertz CT molecular complexity index is 510. The lowest BCUT2D eigenvalue weighted by atomic mass is 9.96. The van der Waals surface area contributed by atoms with Crippen molar-refractivity contribution < 1.29 is 4.42 Å². The van der Waals surface area contributed by atoms with Crippen molar-refractivity contribution in [2.24, 2.45) is 0 Å². The highest BCUT2D eigenvalue weighted by atomic mass is 16.4. The average molecular weight is 242 g/mol. The minimum Gasteiger partial charge on any atom is -0.441 e. The van der Waals surface area contributed by atoms with E-state index in [2.05, 4.69) is 41.5 Å². The SMILES string of the molecule is Cc1ccc(-c2ncc(C3CCNCC3)o2)cc1. The number of piperidine rings is 1. The van der Waals surface area contributed by atoms with Crippen LogP contribution < -0.4 is 5.32 Å². The van der Waals surface area contributed by atoms with E-state index in [1.165, 1.54) is 5.56 Å². The van der Waals surface area contributed by atoms with E-state index in [0.29, 0.717) is 5.92 Å². The maximum Gasteiger partial charge on any atom is 0.226 e. The predicted molar refractivity (Wildman–Crippen MR) is 71.5 cm³/mol. The van der Waals surface area contributed by atoms with Gasteiger partial charge >= 0.3 is 0 Å². The van der Waals surface area contributed by atoms with Crippen LogP contribution >= 0.6 is 0 Å². The first kappa shape index (κ1) is 11.5. The molecule has 18 heavy (non-hydrogen) atoms. The normalized spacial score (nSPS) is 16.9. The summed E-state index contributed by atoms with van der Waals surface area (Å²) in [6.07, 6.45) is 4.18. The summed E-state index contributed by atoms with van der Waals surface area (Å²) >= 11 is 0. The van der Waals surface area contributed by atoms with Crippen LogP contribution in [-0.4, -0.2) is 18.1 Å². The summed E-state index contributed by atoms with van der Waals surface area (Å²) in [6, 6.07) is 8.30. The van der Waals surface area contributed by atoms with Gasteiger partial charge in [-0.3, -0.25) is 0 Å². The summed E-state index contributed by atoms with van der Waals surface area (Å²) in [7, 11) is 0. The van der Waals surface area contributed by atoms with E-state index < -0.39 is 0 Å². The van der Waals surface area contributed by atoms with Gasteiger partial charge in [0.05, 0.1) is 6.20 Å². The standard InChI is InChI=1S/C15H18N2O/c1-11-2-4-13(5-3-11)15-17-10-14(18-15)12-6-8-16-9-7-12/h2-5,10,12,16H,6-9H2,1H3. The molecule has 3 rings (SSSR count). The molecule has 0 saturated carbocycles. The number of aromatic nitrogens is 1. The maximum absolute atomic E-state index is 5.91. The van der Waals surface area contributed by atoms with Crippen LogP contribution in [0.1, 0.15) is 30.1 Å². The van der Waals surface area contributed by atoms with Gasteiger partial charge in [-0.25, -0.2) is 4.98 Å². The fourth-order valence-electron chi connectivity index (χ4n) is 2.41. The fourth-order valence-corrected chi connectivity index (χ4v) is 2.41. The van der Waals surface area contributed by atoms with Gasteiger partial charge in [-0.15, -0.1) is 0 Å². The molecule has 1 fully saturated rings. The highest BCUT2D eigenvalue weighted by Gasteiger charge is 2.19. The molecule has 1 N–H and O–H groups in total. The van der Waals surface area contributed by atoms with Crippen molar-refractivity contribution in [3.05, 3.63) is 41.8 Å². The van der Waals surface area contributed by atoms with E-state index in [4.69, 9.17) is 4.42 Å². The summed E-state index contributed by atoms with van der Waals surface area (Å²) in [5, 5.41) is 3.37. The lowest BCUT2D eigenvalue weighted by Gasteiger charge is -2.19. The average Bonchev–Trinajstić information content (AvgIpc) is 2.90. The van der Waals surface area contributed by atoms with Crippen molar-refractivity contribution in [2.45, 2.75) is 25.7 Å². The Labute approximate surface area is 107 Å². The molecule has 1 aliphatic rings. The number of benzene rings is 1. The van der Waals surface area contributed by atoms with Crippen LogP contribution in [0.5, 0.6) is 0 Å². The van der Waals surface area contributed by atoms with Crippen molar-refractivity contribution in [1.82, 2.24) is 10.3 Å². The van der Waals surface area contributed by atoms with Gasteiger partial charge in [0.15, 0.2) is 0 Å². The molecule has 0 unspecified atom stereocenters.